The van der Waals surface area contributed by atoms with Crippen LogP contribution in [-0.4, -0.2) is 99.9 Å². The summed E-state index contributed by atoms with van der Waals surface area (Å²) in [5.74, 6) is 1.02. The highest BCUT2D eigenvalue weighted by atomic mass is 16.6. The van der Waals surface area contributed by atoms with Crippen molar-refractivity contribution in [2.24, 2.45) is 11.8 Å². The normalized spacial score (nSPS) is 20.0. The van der Waals surface area contributed by atoms with Gasteiger partial charge in [0.15, 0.2) is 23.7 Å². The molecule has 3 unspecified atom stereocenters. The molecule has 218 valence electrons. The SMILES string of the molecule is COc1ccc(CN2CCN(C(=O)C(CC(C)C)NC(=O)C3OC3C(=O)OCC(C)C)CC2)c(OC)c1OC. The predicted octanol–water partition coefficient (Wildman–Crippen LogP) is 1.85. The Balaban J connectivity index is 1.56. The van der Waals surface area contributed by atoms with Gasteiger partial charge in [0, 0.05) is 38.3 Å². The van der Waals surface area contributed by atoms with Crippen molar-refractivity contribution in [3.8, 4) is 17.2 Å². The number of hydrogen-bond acceptors (Lipinski definition) is 9. The second-order valence-electron chi connectivity index (χ2n) is 10.8. The van der Waals surface area contributed by atoms with E-state index in [9.17, 15) is 14.4 Å². The predicted molar refractivity (Wildman–Crippen MR) is 144 cm³/mol. The van der Waals surface area contributed by atoms with Crippen LogP contribution < -0.4 is 19.5 Å². The zero-order chi connectivity index (χ0) is 28.7. The fourth-order valence-corrected chi connectivity index (χ4v) is 4.64. The van der Waals surface area contributed by atoms with Crippen LogP contribution in [0.5, 0.6) is 17.2 Å². The van der Waals surface area contributed by atoms with Gasteiger partial charge in [0.1, 0.15) is 6.04 Å². The number of methoxy groups -OCH3 is 3. The van der Waals surface area contributed by atoms with Gasteiger partial charge < -0.3 is 33.9 Å². The van der Waals surface area contributed by atoms with Crippen molar-refractivity contribution >= 4 is 17.8 Å². The first-order valence-corrected chi connectivity index (χ1v) is 13.5. The minimum absolute atomic E-state index is 0.125. The number of nitrogens with zero attached hydrogens (tertiary/aromatic N) is 2. The number of amides is 2. The molecule has 1 aromatic carbocycles. The average Bonchev–Trinajstić information content (AvgIpc) is 3.72. The summed E-state index contributed by atoms with van der Waals surface area (Å²) in [5, 5.41) is 2.83. The number of hydrogen-bond donors (Lipinski definition) is 1. The number of piperazine rings is 1. The molecule has 0 spiro atoms. The lowest BCUT2D eigenvalue weighted by Crippen LogP contribution is -2.55. The maximum absolute atomic E-state index is 13.4. The van der Waals surface area contributed by atoms with Gasteiger partial charge in [-0.15, -0.1) is 0 Å². The minimum atomic E-state index is -0.916. The molecule has 2 fully saturated rings. The van der Waals surface area contributed by atoms with Gasteiger partial charge in [0.2, 0.25) is 11.7 Å². The van der Waals surface area contributed by atoms with Gasteiger partial charge in [0.05, 0.1) is 27.9 Å². The molecule has 3 rings (SSSR count). The summed E-state index contributed by atoms with van der Waals surface area (Å²) in [6.07, 6.45) is -1.33. The molecule has 0 radical (unpaired) electrons. The zero-order valence-electron chi connectivity index (χ0n) is 24.2. The van der Waals surface area contributed by atoms with Gasteiger partial charge in [-0.2, -0.15) is 0 Å². The van der Waals surface area contributed by atoms with Crippen molar-refractivity contribution in [3.63, 3.8) is 0 Å². The van der Waals surface area contributed by atoms with Crippen LogP contribution >= 0.6 is 0 Å². The first-order chi connectivity index (χ1) is 18.6. The first kappa shape index (κ1) is 30.5. The van der Waals surface area contributed by atoms with Crippen LogP contribution in [0.1, 0.15) is 39.7 Å². The van der Waals surface area contributed by atoms with E-state index in [4.69, 9.17) is 23.7 Å². The molecular weight excluding hydrogens is 506 g/mol. The minimum Gasteiger partial charge on any atom is -0.493 e. The van der Waals surface area contributed by atoms with E-state index in [1.165, 1.54) is 0 Å². The molecule has 2 aliphatic heterocycles. The van der Waals surface area contributed by atoms with Crippen molar-refractivity contribution in [1.29, 1.82) is 0 Å². The molecule has 0 saturated carbocycles. The van der Waals surface area contributed by atoms with Gasteiger partial charge in [-0.3, -0.25) is 14.5 Å². The van der Waals surface area contributed by atoms with Gasteiger partial charge in [-0.1, -0.05) is 33.8 Å². The zero-order valence-corrected chi connectivity index (χ0v) is 24.2. The summed E-state index contributed by atoms with van der Waals surface area (Å²) in [5.41, 5.74) is 0.964. The molecule has 1 aromatic rings. The van der Waals surface area contributed by atoms with Crippen molar-refractivity contribution in [3.05, 3.63) is 17.7 Å². The van der Waals surface area contributed by atoms with E-state index in [0.29, 0.717) is 56.4 Å². The summed E-state index contributed by atoms with van der Waals surface area (Å²) >= 11 is 0. The molecule has 2 aliphatic rings. The molecule has 2 saturated heterocycles. The molecule has 0 bridgehead atoms. The van der Waals surface area contributed by atoms with Crippen molar-refractivity contribution in [1.82, 2.24) is 15.1 Å². The Hall–Kier alpha value is -3.05. The Morgan fingerprint density at radius 3 is 2.15 bits per heavy atom. The van der Waals surface area contributed by atoms with Crippen LogP contribution in [0.15, 0.2) is 12.1 Å². The number of ether oxygens (including phenoxy) is 5. The monoisotopic (exact) mass is 549 g/mol. The van der Waals surface area contributed by atoms with Crippen molar-refractivity contribution < 1.29 is 38.1 Å². The molecule has 11 nitrogen and oxygen atoms in total. The number of carbonyl (C=O) groups is 3. The van der Waals surface area contributed by atoms with E-state index >= 15 is 0 Å². The van der Waals surface area contributed by atoms with E-state index in [2.05, 4.69) is 10.2 Å². The van der Waals surface area contributed by atoms with Gasteiger partial charge in [0.25, 0.3) is 5.91 Å². The maximum Gasteiger partial charge on any atom is 0.338 e. The summed E-state index contributed by atoms with van der Waals surface area (Å²) in [4.78, 5) is 42.4. The number of nitrogens with one attached hydrogen (secondary N) is 1. The van der Waals surface area contributed by atoms with E-state index in [-0.39, 0.29) is 24.3 Å². The molecule has 0 aromatic heterocycles. The van der Waals surface area contributed by atoms with Gasteiger partial charge >= 0.3 is 5.97 Å². The van der Waals surface area contributed by atoms with E-state index in [0.717, 1.165) is 5.56 Å². The van der Waals surface area contributed by atoms with E-state index < -0.39 is 30.1 Å². The Morgan fingerprint density at radius 2 is 1.59 bits per heavy atom. The second kappa shape index (κ2) is 13.8. The summed E-state index contributed by atoms with van der Waals surface area (Å²) in [6, 6.07) is 3.12. The smallest absolute Gasteiger partial charge is 0.338 e. The third kappa shape index (κ3) is 7.98. The lowest BCUT2D eigenvalue weighted by atomic mass is 10.0. The molecule has 2 heterocycles. The van der Waals surface area contributed by atoms with Crippen LogP contribution in [0.3, 0.4) is 0 Å². The lowest BCUT2D eigenvalue weighted by molar-refractivity contribution is -0.146. The molecule has 39 heavy (non-hydrogen) atoms. The highest BCUT2D eigenvalue weighted by Gasteiger charge is 2.52. The number of epoxide rings is 1. The molecule has 2 amide bonds. The van der Waals surface area contributed by atoms with Crippen molar-refractivity contribution in [2.75, 3.05) is 54.1 Å². The molecular formula is C28H43N3O8. The largest absolute Gasteiger partial charge is 0.493 e. The van der Waals surface area contributed by atoms with E-state index in [1.807, 2.05) is 39.8 Å². The third-order valence-corrected chi connectivity index (χ3v) is 6.73. The lowest BCUT2D eigenvalue weighted by Gasteiger charge is -2.37. The highest BCUT2D eigenvalue weighted by Crippen LogP contribution is 2.40. The standard InChI is InChI=1S/C28H43N3O8/c1-17(2)14-20(29-26(32)24-25(39-24)28(34)38-16-18(3)4)27(33)31-12-10-30(11-13-31)15-19-8-9-21(35-5)23(37-7)22(19)36-6/h8-9,17-18,20,24-25H,10-16H2,1-7H3,(H,29,32). The topological polar surface area (TPSA) is 119 Å². The first-order valence-electron chi connectivity index (χ1n) is 13.5. The Kier molecular flexibility index (Phi) is 10.8. The summed E-state index contributed by atoms with van der Waals surface area (Å²) in [6.45, 7) is 11.2. The van der Waals surface area contributed by atoms with Gasteiger partial charge in [-0.05, 0) is 24.3 Å². The number of rotatable bonds is 13. The van der Waals surface area contributed by atoms with Crippen LogP contribution in [0.25, 0.3) is 0 Å². The quantitative estimate of drug-likeness (QED) is 0.290. The number of carbonyl (C=O) groups excluding carboxylic acids is 3. The highest BCUT2D eigenvalue weighted by molar-refractivity contribution is 5.95. The Labute approximate surface area is 231 Å². The van der Waals surface area contributed by atoms with Crippen molar-refractivity contribution in [2.45, 2.75) is 58.9 Å². The second-order valence-corrected chi connectivity index (χ2v) is 10.8. The van der Waals surface area contributed by atoms with Gasteiger partial charge in [-0.25, -0.2) is 4.79 Å². The molecule has 1 N–H and O–H groups in total. The third-order valence-electron chi connectivity index (χ3n) is 6.73. The Morgan fingerprint density at radius 1 is 0.923 bits per heavy atom. The molecule has 3 atom stereocenters. The summed E-state index contributed by atoms with van der Waals surface area (Å²) in [7, 11) is 4.76. The fraction of sp³-hybridized carbons (Fsp3) is 0.679. The fourth-order valence-electron chi connectivity index (χ4n) is 4.64. The average molecular weight is 550 g/mol. The number of benzene rings is 1. The van der Waals surface area contributed by atoms with Crippen LogP contribution in [-0.2, 0) is 30.4 Å². The Bertz CT molecular complexity index is 1010. The van der Waals surface area contributed by atoms with Crippen LogP contribution in [0.2, 0.25) is 0 Å². The maximum atomic E-state index is 13.4. The number of esters is 1. The van der Waals surface area contributed by atoms with E-state index in [1.54, 1.807) is 26.2 Å². The molecule has 0 aliphatic carbocycles. The van der Waals surface area contributed by atoms with Crippen LogP contribution in [0.4, 0.5) is 0 Å². The molecule has 11 heteroatoms. The summed E-state index contributed by atoms with van der Waals surface area (Å²) < 4.78 is 26.9. The van der Waals surface area contributed by atoms with Crippen LogP contribution in [0, 0.1) is 11.8 Å².